The van der Waals surface area contributed by atoms with Gasteiger partial charge in [-0.1, -0.05) is 0 Å². The van der Waals surface area contributed by atoms with Crippen molar-refractivity contribution in [3.63, 3.8) is 0 Å². The Bertz CT molecular complexity index is 452. The Morgan fingerprint density at radius 1 is 0.533 bits per heavy atom. The third kappa shape index (κ3) is 11.1. The average Bonchev–Trinajstić information content (AvgIpc) is 2.76. The fourth-order valence-electron chi connectivity index (χ4n) is 2.68. The van der Waals surface area contributed by atoms with Gasteiger partial charge in [-0.05, 0) is 0 Å². The van der Waals surface area contributed by atoms with E-state index in [-0.39, 0.29) is 76.8 Å². The van der Waals surface area contributed by atoms with Crippen LogP contribution in [0.4, 0.5) is 0 Å². The fraction of sp³-hybridized carbons (Fsp3) is 0.833. The Morgan fingerprint density at radius 2 is 0.800 bits per heavy atom. The Kier molecular flexibility index (Phi) is 15.5. The lowest BCUT2D eigenvalue weighted by molar-refractivity contribution is -0.158. The van der Waals surface area contributed by atoms with E-state index in [2.05, 4.69) is 0 Å². The number of hydrogen-bond donors (Lipinski definition) is 3. The molecule has 12 heteroatoms. The lowest BCUT2D eigenvalue weighted by Crippen LogP contribution is -2.59. The minimum atomic E-state index is -0.125. The van der Waals surface area contributed by atoms with Crippen molar-refractivity contribution in [2.75, 3.05) is 74.3 Å². The predicted molar refractivity (Wildman–Crippen MR) is 122 cm³/mol. The lowest BCUT2D eigenvalue weighted by Gasteiger charge is -2.42. The van der Waals surface area contributed by atoms with Crippen molar-refractivity contribution in [3.05, 3.63) is 0 Å². The second-order valence-electron chi connectivity index (χ2n) is 6.48. The molecule has 1 aliphatic heterocycles. The lowest BCUT2D eigenvalue weighted by atomic mass is 10.3. The van der Waals surface area contributed by atoms with Gasteiger partial charge in [0.2, 0.25) is 17.7 Å². The summed E-state index contributed by atoms with van der Waals surface area (Å²) in [7, 11) is 0. The van der Waals surface area contributed by atoms with Crippen LogP contribution < -0.4 is 0 Å². The van der Waals surface area contributed by atoms with Crippen molar-refractivity contribution >= 4 is 53.0 Å². The molecule has 30 heavy (non-hydrogen) atoms. The smallest absolute Gasteiger partial charge is 0.226 e. The van der Waals surface area contributed by atoms with Crippen LogP contribution in [0.15, 0.2) is 0 Å². The van der Waals surface area contributed by atoms with Crippen molar-refractivity contribution in [2.45, 2.75) is 19.3 Å². The predicted octanol–water partition coefficient (Wildman–Crippen LogP) is -0.295. The Hall–Kier alpha value is -0.660. The quantitative estimate of drug-likeness (QED) is 0.270. The van der Waals surface area contributed by atoms with E-state index < -0.39 is 0 Å². The molecule has 0 aliphatic carbocycles. The maximum absolute atomic E-state index is 12.6. The first-order chi connectivity index (χ1) is 14.5. The fourth-order valence-corrected chi connectivity index (χ4v) is 4.63. The molecule has 0 aromatic heterocycles. The second-order valence-corrected chi connectivity index (χ2v) is 10.2. The van der Waals surface area contributed by atoms with Crippen molar-refractivity contribution < 1.29 is 29.7 Å². The minimum absolute atomic E-state index is 0.0652. The Balaban J connectivity index is 2.66. The number of hydrogen-bond acceptors (Lipinski definition) is 9. The maximum Gasteiger partial charge on any atom is 0.226 e. The SMILES string of the molecule is O=C(CCSCCO)N1CN(C(=O)CCSCCO)CN(C(=O)CCSCCO)C1. The number of rotatable bonds is 15. The van der Waals surface area contributed by atoms with E-state index in [1.165, 1.54) is 50.0 Å². The molecule has 0 radical (unpaired) electrons. The van der Waals surface area contributed by atoms with Crippen LogP contribution in [0.3, 0.4) is 0 Å². The molecule has 1 rings (SSSR count). The van der Waals surface area contributed by atoms with Crippen LogP contribution >= 0.6 is 35.3 Å². The number of aliphatic hydroxyl groups is 3. The van der Waals surface area contributed by atoms with Gasteiger partial charge in [0, 0.05) is 53.8 Å². The van der Waals surface area contributed by atoms with Crippen LogP contribution in [0.25, 0.3) is 0 Å². The van der Waals surface area contributed by atoms with E-state index in [9.17, 15) is 14.4 Å². The van der Waals surface area contributed by atoms with Gasteiger partial charge in [0.15, 0.2) is 0 Å². The molecule has 1 saturated heterocycles. The molecule has 1 fully saturated rings. The summed E-state index contributed by atoms with van der Waals surface area (Å²) < 4.78 is 0. The Labute approximate surface area is 190 Å². The first-order valence-corrected chi connectivity index (χ1v) is 13.4. The summed E-state index contributed by atoms with van der Waals surface area (Å²) in [5.41, 5.74) is 0. The molecule has 174 valence electrons. The normalized spacial score (nSPS) is 14.3. The molecule has 0 atom stereocenters. The van der Waals surface area contributed by atoms with Crippen LogP contribution in [0.1, 0.15) is 19.3 Å². The zero-order valence-electron chi connectivity index (χ0n) is 17.2. The van der Waals surface area contributed by atoms with Gasteiger partial charge in [-0.15, -0.1) is 0 Å². The molecule has 0 saturated carbocycles. The van der Waals surface area contributed by atoms with Crippen LogP contribution in [-0.4, -0.2) is 122 Å². The van der Waals surface area contributed by atoms with Gasteiger partial charge < -0.3 is 30.0 Å². The molecule has 0 unspecified atom stereocenters. The molecular weight excluding hydrogens is 450 g/mol. The largest absolute Gasteiger partial charge is 0.396 e. The molecule has 9 nitrogen and oxygen atoms in total. The molecule has 3 amide bonds. The van der Waals surface area contributed by atoms with E-state index >= 15 is 0 Å². The first-order valence-electron chi connectivity index (χ1n) is 9.92. The summed E-state index contributed by atoms with van der Waals surface area (Å²) >= 11 is 4.46. The minimum Gasteiger partial charge on any atom is -0.396 e. The highest BCUT2D eigenvalue weighted by atomic mass is 32.2. The average molecular weight is 484 g/mol. The van der Waals surface area contributed by atoms with Gasteiger partial charge in [-0.2, -0.15) is 35.3 Å². The topological polar surface area (TPSA) is 122 Å². The van der Waals surface area contributed by atoms with Crippen molar-refractivity contribution in [3.8, 4) is 0 Å². The number of amides is 3. The first kappa shape index (κ1) is 27.4. The standard InChI is InChI=1S/C18H33N3O6S3/c22-4-10-28-7-1-16(25)19-13-20(17(26)2-8-29-11-5-23)15-21(14-19)18(27)3-9-30-12-6-24/h22-24H,1-15H2. The molecule has 3 N–H and O–H groups in total. The van der Waals surface area contributed by atoms with Gasteiger partial charge in [-0.25, -0.2) is 0 Å². The molecule has 1 aliphatic rings. The van der Waals surface area contributed by atoms with Gasteiger partial charge in [-0.3, -0.25) is 14.4 Å². The van der Waals surface area contributed by atoms with Crippen molar-refractivity contribution in [1.29, 1.82) is 0 Å². The highest BCUT2D eigenvalue weighted by Gasteiger charge is 2.31. The highest BCUT2D eigenvalue weighted by molar-refractivity contribution is 7.99. The number of carbonyl (C=O) groups excluding carboxylic acids is 3. The van der Waals surface area contributed by atoms with E-state index in [0.29, 0.717) is 34.5 Å². The van der Waals surface area contributed by atoms with Crippen molar-refractivity contribution in [1.82, 2.24) is 14.7 Å². The van der Waals surface area contributed by atoms with Gasteiger partial charge in [0.05, 0.1) is 39.8 Å². The third-order valence-corrected chi connectivity index (χ3v) is 7.06. The number of nitrogens with zero attached hydrogens (tertiary/aromatic N) is 3. The highest BCUT2D eigenvalue weighted by Crippen LogP contribution is 2.15. The zero-order valence-corrected chi connectivity index (χ0v) is 19.7. The van der Waals surface area contributed by atoms with E-state index in [1.54, 1.807) is 0 Å². The van der Waals surface area contributed by atoms with E-state index in [4.69, 9.17) is 15.3 Å². The number of thioether (sulfide) groups is 3. The van der Waals surface area contributed by atoms with E-state index in [1.807, 2.05) is 0 Å². The third-order valence-electron chi connectivity index (χ3n) is 4.17. The van der Waals surface area contributed by atoms with Crippen LogP contribution in [0.2, 0.25) is 0 Å². The number of aliphatic hydroxyl groups excluding tert-OH is 3. The molecule has 0 aromatic carbocycles. The zero-order chi connectivity index (χ0) is 22.2. The molecule has 0 bridgehead atoms. The summed E-state index contributed by atoms with van der Waals surface area (Å²) in [6.45, 7) is 0.684. The number of carbonyl (C=O) groups is 3. The van der Waals surface area contributed by atoms with Gasteiger partial charge in [0.25, 0.3) is 0 Å². The second kappa shape index (κ2) is 17.0. The summed E-state index contributed by atoms with van der Waals surface area (Å²) in [4.78, 5) is 42.4. The summed E-state index contributed by atoms with van der Waals surface area (Å²) in [5.74, 6) is 3.06. The summed E-state index contributed by atoms with van der Waals surface area (Å²) in [6.07, 6.45) is 0.855. The van der Waals surface area contributed by atoms with E-state index in [0.717, 1.165) is 0 Å². The summed E-state index contributed by atoms with van der Waals surface area (Å²) in [6, 6.07) is 0. The van der Waals surface area contributed by atoms with Crippen LogP contribution in [-0.2, 0) is 14.4 Å². The maximum atomic E-state index is 12.6. The monoisotopic (exact) mass is 483 g/mol. The summed E-state index contributed by atoms with van der Waals surface area (Å²) in [5, 5.41) is 26.5. The Morgan fingerprint density at radius 3 is 1.03 bits per heavy atom. The van der Waals surface area contributed by atoms with Crippen LogP contribution in [0.5, 0.6) is 0 Å². The van der Waals surface area contributed by atoms with Crippen molar-refractivity contribution in [2.24, 2.45) is 0 Å². The molecule has 0 aromatic rings. The molecule has 0 spiro atoms. The van der Waals surface area contributed by atoms with Gasteiger partial charge in [0.1, 0.15) is 0 Å². The molecule has 1 heterocycles. The molecular formula is C18H33N3O6S3. The van der Waals surface area contributed by atoms with Crippen LogP contribution in [0, 0.1) is 0 Å². The van der Waals surface area contributed by atoms with Gasteiger partial charge >= 0.3 is 0 Å².